The van der Waals surface area contributed by atoms with Crippen LogP contribution in [0.25, 0.3) is 0 Å². The summed E-state index contributed by atoms with van der Waals surface area (Å²) in [6.07, 6.45) is 6.76. The van der Waals surface area contributed by atoms with Crippen molar-refractivity contribution in [2.45, 2.75) is 32.6 Å². The number of anilines is 1. The molecular weight excluding hydrogens is 292 g/mol. The number of rotatable bonds is 4. The normalized spacial score (nSPS) is 23.9. The molecule has 2 rings (SSSR count). The van der Waals surface area contributed by atoms with Crippen molar-refractivity contribution in [1.82, 2.24) is 4.98 Å². The number of halogens is 1. The van der Waals surface area contributed by atoms with E-state index in [2.05, 4.69) is 39.2 Å². The van der Waals surface area contributed by atoms with Crippen LogP contribution in [-0.4, -0.2) is 23.2 Å². The number of aromatic nitrogens is 1. The molecule has 1 aliphatic rings. The number of aryl methyl sites for hydroxylation is 1. The van der Waals surface area contributed by atoms with E-state index in [4.69, 9.17) is 0 Å². The molecule has 0 bridgehead atoms. The molecule has 0 saturated heterocycles. The zero-order valence-electron chi connectivity index (χ0n) is 10.8. The second kappa shape index (κ2) is 6.53. The monoisotopic (exact) mass is 312 g/mol. The van der Waals surface area contributed by atoms with Gasteiger partial charge < -0.3 is 10.4 Å². The molecule has 0 aromatic carbocycles. The second-order valence-electron chi connectivity index (χ2n) is 5.19. The topological polar surface area (TPSA) is 45.1 Å². The third-order valence-electron chi connectivity index (χ3n) is 3.89. The van der Waals surface area contributed by atoms with Crippen LogP contribution in [0.3, 0.4) is 0 Å². The van der Waals surface area contributed by atoms with Crippen LogP contribution in [0.15, 0.2) is 16.7 Å². The fraction of sp³-hybridized carbons (Fsp3) is 0.643. The van der Waals surface area contributed by atoms with E-state index in [1.807, 2.05) is 6.20 Å². The Balaban J connectivity index is 1.91. The molecule has 1 fully saturated rings. The molecule has 2 unspecified atom stereocenters. The maximum Gasteiger partial charge on any atom is 0.126 e. The number of pyridine rings is 1. The van der Waals surface area contributed by atoms with Gasteiger partial charge in [-0.15, -0.1) is 0 Å². The minimum absolute atomic E-state index is 0.319. The van der Waals surface area contributed by atoms with E-state index in [1.54, 1.807) is 0 Å². The summed E-state index contributed by atoms with van der Waals surface area (Å²) in [5, 5.41) is 12.8. The fourth-order valence-electron chi connectivity index (χ4n) is 2.67. The van der Waals surface area contributed by atoms with Crippen molar-refractivity contribution < 1.29 is 5.11 Å². The number of nitrogens with one attached hydrogen (secondary N) is 1. The van der Waals surface area contributed by atoms with Crippen LogP contribution in [-0.2, 0) is 0 Å². The van der Waals surface area contributed by atoms with Gasteiger partial charge in [0, 0.05) is 23.8 Å². The summed E-state index contributed by atoms with van der Waals surface area (Å²) in [6.45, 7) is 3.30. The Morgan fingerprint density at radius 3 is 2.78 bits per heavy atom. The van der Waals surface area contributed by atoms with Crippen LogP contribution in [0.5, 0.6) is 0 Å². The van der Waals surface area contributed by atoms with Crippen molar-refractivity contribution in [3.8, 4) is 0 Å². The summed E-state index contributed by atoms with van der Waals surface area (Å²) < 4.78 is 1.04. The van der Waals surface area contributed by atoms with Crippen molar-refractivity contribution in [3.63, 3.8) is 0 Å². The summed E-state index contributed by atoms with van der Waals surface area (Å²) in [6, 6.07) is 2.06. The van der Waals surface area contributed by atoms with Crippen molar-refractivity contribution in [3.05, 3.63) is 22.3 Å². The first-order chi connectivity index (χ1) is 8.70. The van der Waals surface area contributed by atoms with Gasteiger partial charge in [-0.1, -0.05) is 12.8 Å². The number of aliphatic hydroxyl groups excluding tert-OH is 1. The van der Waals surface area contributed by atoms with E-state index in [1.165, 1.54) is 24.8 Å². The highest BCUT2D eigenvalue weighted by Crippen LogP contribution is 2.29. The van der Waals surface area contributed by atoms with Crippen LogP contribution in [0.4, 0.5) is 5.82 Å². The summed E-state index contributed by atoms with van der Waals surface area (Å²) in [7, 11) is 0. The predicted molar refractivity (Wildman–Crippen MR) is 77.7 cm³/mol. The standard InChI is InChI=1S/C14H21BrN2O/c1-10-6-14(17-8-13(10)15)16-7-11-4-2-3-5-12(11)9-18/h6,8,11-12,18H,2-5,7,9H2,1H3,(H,16,17). The van der Waals surface area contributed by atoms with Gasteiger partial charge in [-0.2, -0.15) is 0 Å². The van der Waals surface area contributed by atoms with Gasteiger partial charge in [-0.05, 0) is 59.2 Å². The van der Waals surface area contributed by atoms with E-state index in [0.29, 0.717) is 18.4 Å². The van der Waals surface area contributed by atoms with Crippen LogP contribution in [0.1, 0.15) is 31.2 Å². The maximum absolute atomic E-state index is 9.39. The van der Waals surface area contributed by atoms with E-state index >= 15 is 0 Å². The minimum Gasteiger partial charge on any atom is -0.396 e. The summed E-state index contributed by atoms with van der Waals surface area (Å²) in [5.41, 5.74) is 1.19. The van der Waals surface area contributed by atoms with Crippen LogP contribution >= 0.6 is 15.9 Å². The molecule has 1 aromatic rings. The number of hydrogen-bond donors (Lipinski definition) is 2. The summed E-state index contributed by atoms with van der Waals surface area (Å²) in [4.78, 5) is 4.35. The molecule has 0 amide bonds. The van der Waals surface area contributed by atoms with Crippen molar-refractivity contribution >= 4 is 21.7 Å². The first-order valence-corrected chi connectivity index (χ1v) is 7.47. The Morgan fingerprint density at radius 2 is 2.11 bits per heavy atom. The Labute approximate surface area is 117 Å². The van der Waals surface area contributed by atoms with E-state index < -0.39 is 0 Å². The first-order valence-electron chi connectivity index (χ1n) is 6.67. The van der Waals surface area contributed by atoms with Gasteiger partial charge in [-0.25, -0.2) is 4.98 Å². The lowest BCUT2D eigenvalue weighted by atomic mass is 9.79. The first kappa shape index (κ1) is 13.8. The van der Waals surface area contributed by atoms with E-state index in [9.17, 15) is 5.11 Å². The van der Waals surface area contributed by atoms with Crippen molar-refractivity contribution in [2.24, 2.45) is 11.8 Å². The van der Waals surface area contributed by atoms with Crippen LogP contribution < -0.4 is 5.32 Å². The smallest absolute Gasteiger partial charge is 0.126 e. The lowest BCUT2D eigenvalue weighted by Gasteiger charge is -2.30. The molecule has 1 saturated carbocycles. The average Bonchev–Trinajstić information content (AvgIpc) is 2.40. The average molecular weight is 313 g/mol. The van der Waals surface area contributed by atoms with Gasteiger partial charge in [0.05, 0.1) is 0 Å². The second-order valence-corrected chi connectivity index (χ2v) is 6.04. The molecular formula is C14H21BrN2O. The predicted octanol–water partition coefficient (Wildman–Crippen LogP) is 3.36. The molecule has 1 heterocycles. The fourth-order valence-corrected chi connectivity index (χ4v) is 2.88. The number of nitrogens with zero attached hydrogens (tertiary/aromatic N) is 1. The molecule has 0 radical (unpaired) electrons. The highest BCUT2D eigenvalue weighted by Gasteiger charge is 2.24. The van der Waals surface area contributed by atoms with Crippen molar-refractivity contribution in [1.29, 1.82) is 0 Å². The number of aliphatic hydroxyl groups is 1. The third-order valence-corrected chi connectivity index (χ3v) is 4.72. The zero-order chi connectivity index (χ0) is 13.0. The summed E-state index contributed by atoms with van der Waals surface area (Å²) >= 11 is 3.45. The van der Waals surface area contributed by atoms with E-state index in [0.717, 1.165) is 23.3 Å². The molecule has 2 atom stereocenters. The van der Waals surface area contributed by atoms with Crippen LogP contribution in [0.2, 0.25) is 0 Å². The molecule has 1 aliphatic carbocycles. The number of hydrogen-bond acceptors (Lipinski definition) is 3. The van der Waals surface area contributed by atoms with Gasteiger partial charge in [0.25, 0.3) is 0 Å². The molecule has 100 valence electrons. The highest BCUT2D eigenvalue weighted by atomic mass is 79.9. The minimum atomic E-state index is 0.319. The Bertz CT molecular complexity index is 397. The Hall–Kier alpha value is -0.610. The maximum atomic E-state index is 9.39. The molecule has 2 N–H and O–H groups in total. The molecule has 0 spiro atoms. The van der Waals surface area contributed by atoms with Gasteiger partial charge >= 0.3 is 0 Å². The quantitative estimate of drug-likeness (QED) is 0.896. The largest absolute Gasteiger partial charge is 0.396 e. The van der Waals surface area contributed by atoms with Gasteiger partial charge in [0.2, 0.25) is 0 Å². The van der Waals surface area contributed by atoms with Crippen molar-refractivity contribution in [2.75, 3.05) is 18.5 Å². The van der Waals surface area contributed by atoms with Crippen LogP contribution in [0, 0.1) is 18.8 Å². The van der Waals surface area contributed by atoms with Gasteiger partial charge in [-0.3, -0.25) is 0 Å². The zero-order valence-corrected chi connectivity index (χ0v) is 12.4. The SMILES string of the molecule is Cc1cc(NCC2CCCCC2CO)ncc1Br. The molecule has 1 aromatic heterocycles. The van der Waals surface area contributed by atoms with E-state index in [-0.39, 0.29) is 0 Å². The highest BCUT2D eigenvalue weighted by molar-refractivity contribution is 9.10. The Morgan fingerprint density at radius 1 is 1.39 bits per heavy atom. The third kappa shape index (κ3) is 3.45. The molecule has 4 heteroatoms. The Kier molecular flexibility index (Phi) is 5.01. The lowest BCUT2D eigenvalue weighted by molar-refractivity contribution is 0.141. The molecule has 3 nitrogen and oxygen atoms in total. The lowest BCUT2D eigenvalue weighted by Crippen LogP contribution is -2.28. The molecule has 0 aliphatic heterocycles. The molecule has 18 heavy (non-hydrogen) atoms. The van der Waals surface area contributed by atoms with Gasteiger partial charge in [0.1, 0.15) is 5.82 Å². The summed E-state index contributed by atoms with van der Waals surface area (Å²) in [5.74, 6) is 1.97. The van der Waals surface area contributed by atoms with Gasteiger partial charge in [0.15, 0.2) is 0 Å².